The molecule has 0 aromatic heterocycles. The van der Waals surface area contributed by atoms with E-state index >= 15 is 0 Å². The van der Waals surface area contributed by atoms with Gasteiger partial charge in [0.25, 0.3) is 0 Å². The summed E-state index contributed by atoms with van der Waals surface area (Å²) in [5, 5.41) is 10.0. The number of hydrogen-bond acceptors (Lipinski definition) is 3. The summed E-state index contributed by atoms with van der Waals surface area (Å²) in [6.07, 6.45) is 3.52. The molecule has 1 fully saturated rings. The van der Waals surface area contributed by atoms with Crippen LogP contribution in [0.15, 0.2) is 18.2 Å². The Morgan fingerprint density at radius 1 is 1.50 bits per heavy atom. The van der Waals surface area contributed by atoms with Gasteiger partial charge < -0.3 is 15.6 Å². The number of phenols is 1. The van der Waals surface area contributed by atoms with Crippen LogP contribution in [0.4, 0.5) is 0 Å². The maximum absolute atomic E-state index is 10.0. The van der Waals surface area contributed by atoms with Crippen molar-refractivity contribution in [2.75, 3.05) is 6.61 Å². The van der Waals surface area contributed by atoms with Crippen molar-refractivity contribution in [3.8, 4) is 11.5 Å². The van der Waals surface area contributed by atoms with Gasteiger partial charge in [-0.15, -0.1) is 0 Å². The monoisotopic (exact) mass is 221 g/mol. The largest absolute Gasteiger partial charge is 0.504 e. The predicted molar refractivity (Wildman–Crippen MR) is 63.5 cm³/mol. The first kappa shape index (κ1) is 11.3. The fraction of sp³-hybridized carbons (Fsp3) is 0.538. The second-order valence-corrected chi connectivity index (χ2v) is 4.41. The summed E-state index contributed by atoms with van der Waals surface area (Å²) >= 11 is 0. The van der Waals surface area contributed by atoms with Crippen molar-refractivity contribution in [1.29, 1.82) is 0 Å². The molecule has 0 amide bonds. The van der Waals surface area contributed by atoms with Crippen molar-refractivity contribution < 1.29 is 9.84 Å². The number of phenolic OH excluding ortho intramolecular Hbond substituents is 1. The number of hydrogen-bond donors (Lipinski definition) is 2. The number of benzene rings is 1. The lowest BCUT2D eigenvalue weighted by atomic mass is 10.0. The van der Waals surface area contributed by atoms with Crippen LogP contribution >= 0.6 is 0 Å². The third kappa shape index (κ3) is 2.47. The SMILES string of the molecule is CCOc1cccc([C@@H](N)CC2CC2)c1O. The molecule has 88 valence electrons. The molecule has 1 aromatic rings. The molecule has 2 rings (SSSR count). The van der Waals surface area contributed by atoms with Gasteiger partial charge in [0.1, 0.15) is 0 Å². The second kappa shape index (κ2) is 4.74. The van der Waals surface area contributed by atoms with Crippen LogP contribution in [0.1, 0.15) is 37.8 Å². The fourth-order valence-corrected chi connectivity index (χ4v) is 1.95. The Morgan fingerprint density at radius 3 is 2.88 bits per heavy atom. The van der Waals surface area contributed by atoms with Gasteiger partial charge in [0.05, 0.1) is 6.61 Å². The Hall–Kier alpha value is -1.22. The zero-order valence-corrected chi connectivity index (χ0v) is 9.65. The van der Waals surface area contributed by atoms with Crippen LogP contribution in [-0.4, -0.2) is 11.7 Å². The Kier molecular flexibility index (Phi) is 3.34. The van der Waals surface area contributed by atoms with Crippen molar-refractivity contribution in [3.05, 3.63) is 23.8 Å². The van der Waals surface area contributed by atoms with E-state index in [4.69, 9.17) is 10.5 Å². The first-order valence-electron chi connectivity index (χ1n) is 5.92. The minimum Gasteiger partial charge on any atom is -0.504 e. The van der Waals surface area contributed by atoms with Gasteiger partial charge in [-0.05, 0) is 25.3 Å². The van der Waals surface area contributed by atoms with E-state index in [9.17, 15) is 5.11 Å². The zero-order chi connectivity index (χ0) is 11.5. The molecular formula is C13H19NO2. The number of nitrogens with two attached hydrogens (primary N) is 1. The summed E-state index contributed by atoms with van der Waals surface area (Å²) in [5.74, 6) is 1.49. The fourth-order valence-electron chi connectivity index (χ4n) is 1.95. The average Bonchev–Trinajstić information content (AvgIpc) is 3.05. The summed E-state index contributed by atoms with van der Waals surface area (Å²) in [7, 11) is 0. The highest BCUT2D eigenvalue weighted by Crippen LogP contribution is 2.40. The van der Waals surface area contributed by atoms with E-state index in [2.05, 4.69) is 0 Å². The highest BCUT2D eigenvalue weighted by molar-refractivity contribution is 5.46. The van der Waals surface area contributed by atoms with Crippen molar-refractivity contribution in [1.82, 2.24) is 0 Å². The molecule has 0 aliphatic heterocycles. The summed E-state index contributed by atoms with van der Waals surface area (Å²) in [6.45, 7) is 2.45. The van der Waals surface area contributed by atoms with E-state index in [1.54, 1.807) is 6.07 Å². The standard InChI is InChI=1S/C13H19NO2/c1-2-16-12-5-3-4-10(13(12)15)11(14)8-9-6-7-9/h3-5,9,11,15H,2,6-8,14H2,1H3/t11-/m0/s1. The molecule has 0 heterocycles. The van der Waals surface area contributed by atoms with Gasteiger partial charge in [-0.2, -0.15) is 0 Å². The van der Waals surface area contributed by atoms with Crippen LogP contribution in [0.25, 0.3) is 0 Å². The van der Waals surface area contributed by atoms with Gasteiger partial charge in [-0.1, -0.05) is 25.0 Å². The minimum absolute atomic E-state index is 0.0760. The van der Waals surface area contributed by atoms with Gasteiger partial charge in [-0.3, -0.25) is 0 Å². The molecule has 3 nitrogen and oxygen atoms in total. The second-order valence-electron chi connectivity index (χ2n) is 4.41. The first-order chi connectivity index (χ1) is 7.72. The number of rotatable bonds is 5. The summed E-state index contributed by atoms with van der Waals surface area (Å²) in [4.78, 5) is 0. The van der Waals surface area contributed by atoms with Crippen molar-refractivity contribution in [2.24, 2.45) is 11.7 Å². The molecule has 3 N–H and O–H groups in total. The molecule has 1 aliphatic rings. The van der Waals surface area contributed by atoms with E-state index in [1.165, 1.54) is 12.8 Å². The highest BCUT2D eigenvalue weighted by Gasteiger charge is 2.26. The molecule has 0 unspecified atom stereocenters. The molecule has 0 spiro atoms. The Labute approximate surface area is 96.2 Å². The lowest BCUT2D eigenvalue weighted by Crippen LogP contribution is -2.11. The van der Waals surface area contributed by atoms with Gasteiger partial charge in [0.2, 0.25) is 0 Å². The van der Waals surface area contributed by atoms with Crippen molar-refractivity contribution >= 4 is 0 Å². The normalized spacial score (nSPS) is 17.1. The van der Waals surface area contributed by atoms with E-state index in [0.29, 0.717) is 12.4 Å². The smallest absolute Gasteiger partial charge is 0.162 e. The molecular weight excluding hydrogens is 202 g/mol. The molecule has 0 radical (unpaired) electrons. The molecule has 0 saturated heterocycles. The van der Waals surface area contributed by atoms with E-state index < -0.39 is 0 Å². The lowest BCUT2D eigenvalue weighted by molar-refractivity contribution is 0.315. The Morgan fingerprint density at radius 2 is 2.25 bits per heavy atom. The third-order valence-corrected chi connectivity index (χ3v) is 3.01. The number of para-hydroxylation sites is 1. The average molecular weight is 221 g/mol. The molecule has 1 atom stereocenters. The molecule has 1 aliphatic carbocycles. The van der Waals surface area contributed by atoms with Crippen molar-refractivity contribution in [3.63, 3.8) is 0 Å². The molecule has 1 aromatic carbocycles. The third-order valence-electron chi connectivity index (χ3n) is 3.01. The van der Waals surface area contributed by atoms with Gasteiger partial charge in [0.15, 0.2) is 11.5 Å². The van der Waals surface area contributed by atoms with Gasteiger partial charge in [0, 0.05) is 11.6 Å². The van der Waals surface area contributed by atoms with Crippen LogP contribution < -0.4 is 10.5 Å². The maximum atomic E-state index is 10.0. The van der Waals surface area contributed by atoms with Gasteiger partial charge in [-0.25, -0.2) is 0 Å². The quantitative estimate of drug-likeness (QED) is 0.803. The Balaban J connectivity index is 2.14. The summed E-state index contributed by atoms with van der Waals surface area (Å²) in [6, 6.07) is 5.46. The van der Waals surface area contributed by atoms with Crippen LogP contribution in [0.2, 0.25) is 0 Å². The van der Waals surface area contributed by atoms with Crippen LogP contribution in [0.5, 0.6) is 11.5 Å². The van der Waals surface area contributed by atoms with Crippen LogP contribution in [-0.2, 0) is 0 Å². The number of aromatic hydroxyl groups is 1. The predicted octanol–water partition coefficient (Wildman–Crippen LogP) is 2.59. The van der Waals surface area contributed by atoms with E-state index in [1.807, 2.05) is 19.1 Å². The topological polar surface area (TPSA) is 55.5 Å². The van der Waals surface area contributed by atoms with E-state index in [0.717, 1.165) is 17.9 Å². The van der Waals surface area contributed by atoms with Crippen LogP contribution in [0.3, 0.4) is 0 Å². The molecule has 16 heavy (non-hydrogen) atoms. The first-order valence-corrected chi connectivity index (χ1v) is 5.92. The number of ether oxygens (including phenoxy) is 1. The lowest BCUT2D eigenvalue weighted by Gasteiger charge is -2.15. The maximum Gasteiger partial charge on any atom is 0.162 e. The van der Waals surface area contributed by atoms with Gasteiger partial charge >= 0.3 is 0 Å². The Bertz CT molecular complexity index is 361. The summed E-state index contributed by atoms with van der Waals surface area (Å²) in [5.41, 5.74) is 6.89. The van der Waals surface area contributed by atoms with E-state index in [-0.39, 0.29) is 11.8 Å². The molecule has 3 heteroatoms. The van der Waals surface area contributed by atoms with Crippen LogP contribution in [0, 0.1) is 5.92 Å². The molecule has 1 saturated carbocycles. The molecule has 0 bridgehead atoms. The summed E-state index contributed by atoms with van der Waals surface area (Å²) < 4.78 is 5.34. The minimum atomic E-state index is -0.0760. The highest BCUT2D eigenvalue weighted by atomic mass is 16.5. The zero-order valence-electron chi connectivity index (χ0n) is 9.65. The van der Waals surface area contributed by atoms with Crippen molar-refractivity contribution in [2.45, 2.75) is 32.2 Å².